The molecule has 1 aliphatic heterocycles. The molecule has 148 valence electrons. The molecule has 3 N–H and O–H groups in total. The Labute approximate surface area is 169 Å². The van der Waals surface area contributed by atoms with Crippen molar-refractivity contribution in [2.45, 2.75) is 0 Å². The predicted molar refractivity (Wildman–Crippen MR) is 111 cm³/mol. The lowest BCUT2D eigenvalue weighted by molar-refractivity contribution is 0.0598. The van der Waals surface area contributed by atoms with Crippen LogP contribution in [0.5, 0.6) is 5.75 Å². The van der Waals surface area contributed by atoms with Gasteiger partial charge in [-0.1, -0.05) is 0 Å². The summed E-state index contributed by atoms with van der Waals surface area (Å²) in [6.07, 6.45) is 6.58. The summed E-state index contributed by atoms with van der Waals surface area (Å²) in [5, 5.41) is 21.5. The highest BCUT2D eigenvalue weighted by Crippen LogP contribution is 2.39. The molecule has 1 aromatic carbocycles. The summed E-state index contributed by atoms with van der Waals surface area (Å²) in [5.74, 6) is -0.322. The van der Waals surface area contributed by atoms with E-state index in [0.717, 1.165) is 16.5 Å². The van der Waals surface area contributed by atoms with Crippen LogP contribution < -0.4 is 5.32 Å². The quantitative estimate of drug-likeness (QED) is 0.441. The Bertz CT molecular complexity index is 1350. The lowest BCUT2D eigenvalue weighted by atomic mass is 10.1. The zero-order valence-corrected chi connectivity index (χ0v) is 15.7. The highest BCUT2D eigenvalue weighted by atomic mass is 16.5. The van der Waals surface area contributed by atoms with E-state index in [9.17, 15) is 9.90 Å². The molecule has 0 atom stereocenters. The molecule has 0 amide bonds. The molecule has 3 aromatic heterocycles. The number of anilines is 2. The number of H-pyrrole nitrogens is 1. The largest absolute Gasteiger partial charge is 0.504 e. The number of allylic oxidation sites excluding steroid dienone is 1. The van der Waals surface area contributed by atoms with Gasteiger partial charge in [0.15, 0.2) is 22.9 Å². The zero-order valence-electron chi connectivity index (χ0n) is 15.7. The highest BCUT2D eigenvalue weighted by molar-refractivity contribution is 6.21. The van der Waals surface area contributed by atoms with Gasteiger partial charge in [-0.2, -0.15) is 5.10 Å². The van der Waals surface area contributed by atoms with Crippen LogP contribution in [0.25, 0.3) is 22.6 Å². The number of ether oxygens (including phenoxy) is 1. The summed E-state index contributed by atoms with van der Waals surface area (Å²) in [5.41, 5.74) is 2.84. The number of furan rings is 1. The van der Waals surface area contributed by atoms with Crippen molar-refractivity contribution >= 4 is 52.1 Å². The van der Waals surface area contributed by atoms with Crippen LogP contribution >= 0.6 is 0 Å². The van der Waals surface area contributed by atoms with E-state index in [0.29, 0.717) is 17.1 Å². The van der Waals surface area contributed by atoms with Gasteiger partial charge in [0.1, 0.15) is 0 Å². The minimum atomic E-state index is -0.729. The third-order valence-electron chi connectivity index (χ3n) is 4.71. The van der Waals surface area contributed by atoms with E-state index in [2.05, 4.69) is 25.5 Å². The number of esters is 1. The van der Waals surface area contributed by atoms with E-state index in [1.165, 1.54) is 7.11 Å². The number of nitrogens with one attached hydrogen (secondary N) is 2. The molecule has 0 spiro atoms. The number of nitrogens with zero attached hydrogens (tertiary/aromatic N) is 3. The highest BCUT2D eigenvalue weighted by Gasteiger charge is 2.27. The number of pyridine rings is 1. The first-order valence-electron chi connectivity index (χ1n) is 8.99. The van der Waals surface area contributed by atoms with Crippen molar-refractivity contribution in [2.24, 2.45) is 4.99 Å². The molecule has 5 rings (SSSR count). The van der Waals surface area contributed by atoms with Gasteiger partial charge in [-0.3, -0.25) is 5.10 Å². The number of rotatable bonds is 4. The maximum absolute atomic E-state index is 12.3. The van der Waals surface area contributed by atoms with Gasteiger partial charge in [-0.05, 0) is 36.4 Å². The van der Waals surface area contributed by atoms with E-state index < -0.39 is 5.97 Å². The second kappa shape index (κ2) is 6.89. The van der Waals surface area contributed by atoms with E-state index in [1.807, 2.05) is 24.3 Å². The molecule has 0 unspecified atom stereocenters. The topological polar surface area (TPSA) is 126 Å². The van der Waals surface area contributed by atoms with Crippen LogP contribution in [0.4, 0.5) is 17.4 Å². The van der Waals surface area contributed by atoms with Crippen molar-refractivity contribution < 1.29 is 19.1 Å². The zero-order chi connectivity index (χ0) is 20.7. The molecule has 0 saturated carbocycles. The van der Waals surface area contributed by atoms with Crippen molar-refractivity contribution in [1.29, 1.82) is 0 Å². The van der Waals surface area contributed by atoms with Crippen molar-refractivity contribution in [3.05, 3.63) is 59.6 Å². The van der Waals surface area contributed by atoms with Gasteiger partial charge >= 0.3 is 5.97 Å². The molecular weight excluding hydrogens is 386 g/mol. The molecule has 4 heterocycles. The fraction of sp³-hybridized carbons (Fsp3) is 0.0476. The Kier molecular flexibility index (Phi) is 4.06. The van der Waals surface area contributed by atoms with Gasteiger partial charge in [-0.25, -0.2) is 14.8 Å². The maximum atomic E-state index is 12.3. The second-order valence-electron chi connectivity index (χ2n) is 6.54. The van der Waals surface area contributed by atoms with E-state index in [1.54, 1.807) is 30.8 Å². The summed E-state index contributed by atoms with van der Waals surface area (Å²) in [6.45, 7) is 0. The summed E-state index contributed by atoms with van der Waals surface area (Å²) in [7, 11) is 1.24. The Hall–Kier alpha value is -4.40. The fourth-order valence-corrected chi connectivity index (χ4v) is 3.24. The van der Waals surface area contributed by atoms with Crippen LogP contribution in [0.15, 0.2) is 52.1 Å². The average Bonchev–Trinajstić information content (AvgIpc) is 3.46. The first-order valence-corrected chi connectivity index (χ1v) is 8.99. The van der Waals surface area contributed by atoms with Gasteiger partial charge in [0, 0.05) is 34.6 Å². The number of hydrogen-bond donors (Lipinski definition) is 3. The minimum absolute atomic E-state index is 0.0615. The van der Waals surface area contributed by atoms with Crippen LogP contribution in [0.1, 0.15) is 21.7 Å². The van der Waals surface area contributed by atoms with E-state index in [4.69, 9.17) is 9.15 Å². The molecule has 9 heteroatoms. The van der Waals surface area contributed by atoms with Gasteiger partial charge in [0.25, 0.3) is 0 Å². The number of aliphatic imine (C=N–C) groups is 1. The van der Waals surface area contributed by atoms with Crippen molar-refractivity contribution in [3.8, 4) is 5.75 Å². The fourth-order valence-electron chi connectivity index (χ4n) is 3.24. The lowest BCUT2D eigenvalue weighted by Crippen LogP contribution is -2.03. The van der Waals surface area contributed by atoms with Gasteiger partial charge in [0.05, 0.1) is 18.8 Å². The summed E-state index contributed by atoms with van der Waals surface area (Å²) in [6, 6.07) is 9.14. The monoisotopic (exact) mass is 401 g/mol. The van der Waals surface area contributed by atoms with Crippen LogP contribution in [0, 0.1) is 0 Å². The molecule has 0 fully saturated rings. The van der Waals surface area contributed by atoms with Crippen LogP contribution in [0.3, 0.4) is 0 Å². The summed E-state index contributed by atoms with van der Waals surface area (Å²) < 4.78 is 10.6. The molecule has 9 nitrogen and oxygen atoms in total. The summed E-state index contributed by atoms with van der Waals surface area (Å²) in [4.78, 5) is 20.7. The maximum Gasteiger partial charge on any atom is 0.347 e. The Morgan fingerprint density at radius 3 is 3.10 bits per heavy atom. The molecule has 30 heavy (non-hydrogen) atoms. The van der Waals surface area contributed by atoms with Gasteiger partial charge in [0.2, 0.25) is 5.88 Å². The number of aromatic hydroxyl groups is 1. The second-order valence-corrected chi connectivity index (χ2v) is 6.54. The van der Waals surface area contributed by atoms with Crippen LogP contribution in [0.2, 0.25) is 0 Å². The number of fused-ring (bicyclic) bond motifs is 2. The number of carbonyl (C=O) groups excluding carboxylic acids is 1. The summed E-state index contributed by atoms with van der Waals surface area (Å²) >= 11 is 0. The molecule has 0 saturated heterocycles. The van der Waals surface area contributed by atoms with Crippen molar-refractivity contribution in [2.75, 3.05) is 12.4 Å². The SMILES string of the molecule is COC(=O)c1c(Nc2ccc3cn[nH]c3c2)oc(C=C2C=Nc3ncccc32)c1O. The third kappa shape index (κ3) is 2.89. The number of benzene rings is 1. The Balaban J connectivity index is 1.57. The third-order valence-corrected chi connectivity index (χ3v) is 4.71. The predicted octanol–water partition coefficient (Wildman–Crippen LogP) is 4.04. The average molecular weight is 401 g/mol. The van der Waals surface area contributed by atoms with Crippen molar-refractivity contribution in [1.82, 2.24) is 15.2 Å². The number of carbonyl (C=O) groups is 1. The first-order chi connectivity index (χ1) is 14.6. The van der Waals surface area contributed by atoms with Crippen LogP contribution in [-0.4, -0.2) is 39.6 Å². The number of methoxy groups -OCH3 is 1. The van der Waals surface area contributed by atoms with E-state index >= 15 is 0 Å². The lowest BCUT2D eigenvalue weighted by Gasteiger charge is -2.05. The number of aromatic amines is 1. The molecule has 4 aromatic rings. The minimum Gasteiger partial charge on any atom is -0.504 e. The molecule has 1 aliphatic rings. The standard InChI is InChI=1S/C21H15N5O4/c1-29-21(28)17-18(27)16(7-12-9-23-19-14(12)3-2-6-22-19)30-20(17)25-13-5-4-11-10-24-26-15(11)8-13/h2-10,25,27H,1H3,(H,24,26). The Morgan fingerprint density at radius 2 is 2.23 bits per heavy atom. The molecular formula is C21H15N5O4. The van der Waals surface area contributed by atoms with Crippen LogP contribution in [-0.2, 0) is 4.74 Å². The molecule has 0 bridgehead atoms. The molecule has 0 radical (unpaired) electrons. The van der Waals surface area contributed by atoms with Crippen molar-refractivity contribution in [3.63, 3.8) is 0 Å². The first kappa shape index (κ1) is 17.7. The number of hydrogen-bond acceptors (Lipinski definition) is 8. The smallest absolute Gasteiger partial charge is 0.347 e. The van der Waals surface area contributed by atoms with Gasteiger partial charge in [-0.15, -0.1) is 0 Å². The van der Waals surface area contributed by atoms with Gasteiger partial charge < -0.3 is 19.6 Å². The molecule has 0 aliphatic carbocycles. The van der Waals surface area contributed by atoms with E-state index in [-0.39, 0.29) is 23.0 Å². The number of aromatic nitrogens is 3. The normalized spacial score (nSPS) is 13.7. The Morgan fingerprint density at radius 1 is 1.33 bits per heavy atom.